The smallest absolute Gasteiger partial charge is 0.240 e. The van der Waals surface area contributed by atoms with E-state index in [0.29, 0.717) is 4.90 Å². The van der Waals surface area contributed by atoms with Crippen LogP contribution < -0.4 is 4.72 Å². The van der Waals surface area contributed by atoms with Gasteiger partial charge in [-0.2, -0.15) is 0 Å². The molecule has 0 bridgehead atoms. The lowest BCUT2D eigenvalue weighted by Crippen LogP contribution is -2.38. The molecule has 27 heavy (non-hydrogen) atoms. The van der Waals surface area contributed by atoms with E-state index in [1.165, 1.54) is 16.6 Å². The van der Waals surface area contributed by atoms with Gasteiger partial charge in [-0.25, -0.2) is 13.1 Å². The standard InChI is InChI=1S/C22H26N2O2S/c1-22(2,3)15-8-11-17(12-9-15)27(25,26)24-16-10-13-21-19(14-16)18-6-4-5-7-20(18)23-21/h4-9,11-12,16,23-24H,10,13-14H2,1-3H3. The average molecular weight is 383 g/mol. The third kappa shape index (κ3) is 3.54. The molecule has 4 rings (SSSR count). The lowest BCUT2D eigenvalue weighted by molar-refractivity contribution is 0.506. The third-order valence-corrected chi connectivity index (χ3v) is 6.98. The minimum atomic E-state index is -3.52. The quantitative estimate of drug-likeness (QED) is 0.709. The minimum absolute atomic E-state index is 0.00479. The summed E-state index contributed by atoms with van der Waals surface area (Å²) in [6, 6.07) is 15.4. The Hall–Kier alpha value is -2.11. The highest BCUT2D eigenvalue weighted by Crippen LogP contribution is 2.30. The number of hydrogen-bond acceptors (Lipinski definition) is 2. The van der Waals surface area contributed by atoms with E-state index >= 15 is 0 Å². The molecule has 1 aliphatic rings. The molecule has 1 aliphatic carbocycles. The summed E-state index contributed by atoms with van der Waals surface area (Å²) in [6.45, 7) is 6.36. The second-order valence-corrected chi connectivity index (χ2v) is 10.2. The molecule has 0 amide bonds. The maximum absolute atomic E-state index is 12.9. The fraction of sp³-hybridized carbons (Fsp3) is 0.364. The number of fused-ring (bicyclic) bond motifs is 3. The van der Waals surface area contributed by atoms with Crippen LogP contribution in [-0.2, 0) is 28.3 Å². The molecule has 2 aromatic carbocycles. The van der Waals surface area contributed by atoms with Gasteiger partial charge in [-0.1, -0.05) is 51.1 Å². The predicted octanol–water partition coefficient (Wildman–Crippen LogP) is 4.30. The Balaban J connectivity index is 1.55. The van der Waals surface area contributed by atoms with Gasteiger partial charge in [-0.3, -0.25) is 0 Å². The molecule has 1 aromatic heterocycles. The van der Waals surface area contributed by atoms with Crippen molar-refractivity contribution in [3.8, 4) is 0 Å². The third-order valence-electron chi connectivity index (χ3n) is 5.45. The molecule has 0 saturated heterocycles. The second kappa shape index (κ2) is 6.50. The fourth-order valence-corrected chi connectivity index (χ4v) is 5.16. The first kappa shape index (κ1) is 18.3. The zero-order chi connectivity index (χ0) is 19.2. The van der Waals surface area contributed by atoms with Gasteiger partial charge in [0.2, 0.25) is 10.0 Å². The monoisotopic (exact) mass is 382 g/mol. The minimum Gasteiger partial charge on any atom is -0.358 e. The van der Waals surface area contributed by atoms with Crippen molar-refractivity contribution >= 4 is 20.9 Å². The van der Waals surface area contributed by atoms with Gasteiger partial charge in [0, 0.05) is 22.6 Å². The van der Waals surface area contributed by atoms with Crippen molar-refractivity contribution in [1.82, 2.24) is 9.71 Å². The summed E-state index contributed by atoms with van der Waals surface area (Å²) in [5.41, 5.74) is 4.74. The van der Waals surface area contributed by atoms with E-state index in [0.717, 1.165) is 30.3 Å². The van der Waals surface area contributed by atoms with E-state index in [1.807, 2.05) is 24.3 Å². The van der Waals surface area contributed by atoms with Crippen LogP contribution in [0.15, 0.2) is 53.4 Å². The van der Waals surface area contributed by atoms with Crippen LogP contribution in [0, 0.1) is 0 Å². The zero-order valence-corrected chi connectivity index (χ0v) is 16.9. The van der Waals surface area contributed by atoms with Crippen molar-refractivity contribution in [2.24, 2.45) is 0 Å². The van der Waals surface area contributed by atoms with Crippen molar-refractivity contribution in [2.45, 2.75) is 56.4 Å². The van der Waals surface area contributed by atoms with Gasteiger partial charge >= 0.3 is 0 Å². The Morgan fingerprint density at radius 3 is 2.44 bits per heavy atom. The SMILES string of the molecule is CC(C)(C)c1ccc(S(=O)(=O)NC2CCc3[nH]c4ccccc4c3C2)cc1. The van der Waals surface area contributed by atoms with Crippen molar-refractivity contribution in [2.75, 3.05) is 0 Å². The van der Waals surface area contributed by atoms with Crippen LogP contribution in [0.2, 0.25) is 0 Å². The summed E-state index contributed by atoms with van der Waals surface area (Å²) >= 11 is 0. The summed E-state index contributed by atoms with van der Waals surface area (Å²) in [5, 5.41) is 1.20. The van der Waals surface area contributed by atoms with Crippen LogP contribution in [0.4, 0.5) is 0 Å². The lowest BCUT2D eigenvalue weighted by atomic mass is 9.87. The Labute approximate surface area is 161 Å². The lowest BCUT2D eigenvalue weighted by Gasteiger charge is -2.24. The predicted molar refractivity (Wildman–Crippen MR) is 110 cm³/mol. The number of hydrogen-bond donors (Lipinski definition) is 2. The summed E-state index contributed by atoms with van der Waals surface area (Å²) in [6.07, 6.45) is 2.39. The number of benzene rings is 2. The van der Waals surface area contributed by atoms with Crippen LogP contribution in [0.5, 0.6) is 0 Å². The molecule has 0 spiro atoms. The summed E-state index contributed by atoms with van der Waals surface area (Å²) in [5.74, 6) is 0. The van der Waals surface area contributed by atoms with Gasteiger partial charge in [0.15, 0.2) is 0 Å². The first-order chi connectivity index (χ1) is 12.7. The van der Waals surface area contributed by atoms with Gasteiger partial charge < -0.3 is 4.98 Å². The number of H-pyrrole nitrogens is 1. The number of nitrogens with one attached hydrogen (secondary N) is 2. The zero-order valence-electron chi connectivity index (χ0n) is 16.0. The van der Waals surface area contributed by atoms with Crippen molar-refractivity contribution in [3.63, 3.8) is 0 Å². The maximum Gasteiger partial charge on any atom is 0.240 e. The molecule has 1 atom stereocenters. The number of aromatic amines is 1. The highest BCUT2D eigenvalue weighted by molar-refractivity contribution is 7.89. The Kier molecular flexibility index (Phi) is 4.40. The molecule has 1 heterocycles. The summed E-state index contributed by atoms with van der Waals surface area (Å²) in [4.78, 5) is 3.81. The highest BCUT2D eigenvalue weighted by atomic mass is 32.2. The topological polar surface area (TPSA) is 62.0 Å². The first-order valence-corrected chi connectivity index (χ1v) is 10.9. The van der Waals surface area contributed by atoms with Gasteiger partial charge in [0.05, 0.1) is 4.90 Å². The van der Waals surface area contributed by atoms with Gasteiger partial charge in [0.1, 0.15) is 0 Å². The normalized spacial score (nSPS) is 17.8. The molecule has 0 radical (unpaired) electrons. The molecular formula is C22H26N2O2S. The molecule has 0 aliphatic heterocycles. The first-order valence-electron chi connectivity index (χ1n) is 9.45. The van der Waals surface area contributed by atoms with Crippen LogP contribution in [0.3, 0.4) is 0 Å². The fourth-order valence-electron chi connectivity index (χ4n) is 3.89. The van der Waals surface area contributed by atoms with E-state index in [1.54, 1.807) is 12.1 Å². The molecule has 2 N–H and O–H groups in total. The molecule has 3 aromatic rings. The van der Waals surface area contributed by atoms with E-state index < -0.39 is 10.0 Å². The van der Waals surface area contributed by atoms with Gasteiger partial charge in [-0.15, -0.1) is 0 Å². The molecule has 1 unspecified atom stereocenters. The van der Waals surface area contributed by atoms with Crippen LogP contribution in [0.25, 0.3) is 10.9 Å². The van der Waals surface area contributed by atoms with Crippen molar-refractivity contribution in [1.29, 1.82) is 0 Å². The van der Waals surface area contributed by atoms with Crippen molar-refractivity contribution in [3.05, 3.63) is 65.4 Å². The Morgan fingerprint density at radius 1 is 1.04 bits per heavy atom. The maximum atomic E-state index is 12.9. The molecule has 4 nitrogen and oxygen atoms in total. The van der Waals surface area contributed by atoms with E-state index in [9.17, 15) is 8.42 Å². The molecule has 0 saturated carbocycles. The number of aryl methyl sites for hydroxylation is 1. The molecule has 0 fully saturated rings. The molecular weight excluding hydrogens is 356 g/mol. The Bertz CT molecular complexity index is 1070. The number of rotatable bonds is 3. The van der Waals surface area contributed by atoms with Crippen molar-refractivity contribution < 1.29 is 8.42 Å². The van der Waals surface area contributed by atoms with E-state index in [-0.39, 0.29) is 11.5 Å². The number of sulfonamides is 1. The Morgan fingerprint density at radius 2 is 1.74 bits per heavy atom. The van der Waals surface area contributed by atoms with E-state index in [4.69, 9.17) is 0 Å². The summed E-state index contributed by atoms with van der Waals surface area (Å²) in [7, 11) is -3.52. The van der Waals surface area contributed by atoms with Gasteiger partial charge in [-0.05, 0) is 54.0 Å². The second-order valence-electron chi connectivity index (χ2n) is 8.46. The number of aromatic nitrogens is 1. The van der Waals surface area contributed by atoms with Gasteiger partial charge in [0.25, 0.3) is 0 Å². The van der Waals surface area contributed by atoms with Crippen LogP contribution in [-0.4, -0.2) is 19.4 Å². The number of para-hydroxylation sites is 1. The van der Waals surface area contributed by atoms with Crippen LogP contribution in [0.1, 0.15) is 44.0 Å². The summed E-state index contributed by atoms with van der Waals surface area (Å²) < 4.78 is 28.6. The molecule has 142 valence electrons. The average Bonchev–Trinajstić information content (AvgIpc) is 2.99. The largest absolute Gasteiger partial charge is 0.358 e. The van der Waals surface area contributed by atoms with Crippen LogP contribution >= 0.6 is 0 Å². The highest BCUT2D eigenvalue weighted by Gasteiger charge is 2.27. The molecule has 5 heteroatoms. The van der Waals surface area contributed by atoms with E-state index in [2.05, 4.69) is 42.6 Å².